The molecule has 3 nitrogen and oxygen atoms in total. The van der Waals surface area contributed by atoms with Crippen molar-refractivity contribution in [3.05, 3.63) is 51.7 Å². The third-order valence-electron chi connectivity index (χ3n) is 3.29. The Labute approximate surface area is 130 Å². The maximum atomic E-state index is 12.1. The fourth-order valence-electron chi connectivity index (χ4n) is 2.12. The second kappa shape index (κ2) is 7.84. The van der Waals surface area contributed by atoms with Crippen LogP contribution in [0, 0.1) is 6.92 Å². The van der Waals surface area contributed by atoms with E-state index in [2.05, 4.69) is 29.0 Å². The van der Waals surface area contributed by atoms with E-state index in [-0.39, 0.29) is 5.91 Å². The molecule has 0 aliphatic rings. The van der Waals surface area contributed by atoms with Crippen molar-refractivity contribution in [2.45, 2.75) is 26.7 Å². The third kappa shape index (κ3) is 4.60. The van der Waals surface area contributed by atoms with Crippen molar-refractivity contribution in [1.29, 1.82) is 0 Å². The van der Waals surface area contributed by atoms with E-state index in [9.17, 15) is 4.79 Å². The normalized spacial score (nSPS) is 10.4. The van der Waals surface area contributed by atoms with E-state index in [0.29, 0.717) is 6.54 Å². The summed E-state index contributed by atoms with van der Waals surface area (Å²) in [6.07, 6.45) is 1.98. The van der Waals surface area contributed by atoms with Crippen molar-refractivity contribution in [2.75, 3.05) is 18.4 Å². The molecule has 0 saturated carbocycles. The summed E-state index contributed by atoms with van der Waals surface area (Å²) in [5, 5.41) is 8.39. The minimum Gasteiger partial charge on any atom is -0.385 e. The van der Waals surface area contributed by atoms with Gasteiger partial charge in [0.15, 0.2) is 0 Å². The Hall–Kier alpha value is -1.81. The average Bonchev–Trinajstić information content (AvgIpc) is 2.99. The van der Waals surface area contributed by atoms with E-state index in [1.54, 1.807) is 11.3 Å². The molecule has 0 spiro atoms. The lowest BCUT2D eigenvalue weighted by Crippen LogP contribution is -2.25. The molecule has 4 heteroatoms. The Kier molecular flexibility index (Phi) is 5.81. The van der Waals surface area contributed by atoms with Gasteiger partial charge in [0.2, 0.25) is 0 Å². The number of carbonyl (C=O) groups excluding carboxylic acids is 1. The first-order valence-corrected chi connectivity index (χ1v) is 8.23. The number of benzene rings is 1. The fraction of sp³-hybridized carbons (Fsp3) is 0.353. The van der Waals surface area contributed by atoms with E-state index in [1.165, 1.54) is 4.88 Å². The van der Waals surface area contributed by atoms with Gasteiger partial charge < -0.3 is 10.6 Å². The molecule has 112 valence electrons. The number of carbonyl (C=O) groups is 1. The van der Waals surface area contributed by atoms with Crippen LogP contribution in [0.15, 0.2) is 35.7 Å². The van der Waals surface area contributed by atoms with Crippen LogP contribution >= 0.6 is 11.3 Å². The molecule has 2 aromatic rings. The van der Waals surface area contributed by atoms with E-state index in [4.69, 9.17) is 0 Å². The van der Waals surface area contributed by atoms with Crippen LogP contribution in [0.25, 0.3) is 0 Å². The van der Waals surface area contributed by atoms with Gasteiger partial charge in [-0.25, -0.2) is 0 Å². The van der Waals surface area contributed by atoms with E-state index >= 15 is 0 Å². The summed E-state index contributed by atoms with van der Waals surface area (Å²) in [7, 11) is 0. The largest absolute Gasteiger partial charge is 0.385 e. The molecule has 21 heavy (non-hydrogen) atoms. The highest BCUT2D eigenvalue weighted by Gasteiger charge is 2.07. The second-order valence-corrected chi connectivity index (χ2v) is 6.07. The highest BCUT2D eigenvalue weighted by Crippen LogP contribution is 2.16. The zero-order valence-electron chi connectivity index (χ0n) is 12.6. The van der Waals surface area contributed by atoms with Gasteiger partial charge >= 0.3 is 0 Å². The molecular formula is C17H22N2OS. The van der Waals surface area contributed by atoms with Crippen LogP contribution in [-0.2, 0) is 6.42 Å². The van der Waals surface area contributed by atoms with Crippen LogP contribution in [0.2, 0.25) is 0 Å². The molecule has 1 heterocycles. The lowest BCUT2D eigenvalue weighted by atomic mass is 10.1. The zero-order valence-corrected chi connectivity index (χ0v) is 13.4. The van der Waals surface area contributed by atoms with Crippen molar-refractivity contribution in [3.63, 3.8) is 0 Å². The molecule has 0 radical (unpaired) electrons. The number of aryl methyl sites for hydroxylation is 1. The van der Waals surface area contributed by atoms with Crippen LogP contribution in [0.4, 0.5) is 5.69 Å². The number of nitrogens with one attached hydrogen (secondary N) is 2. The van der Waals surface area contributed by atoms with Crippen LogP contribution < -0.4 is 10.6 Å². The minimum atomic E-state index is -0.00306. The summed E-state index contributed by atoms with van der Waals surface area (Å²) >= 11 is 1.72. The molecule has 1 aromatic carbocycles. The summed E-state index contributed by atoms with van der Waals surface area (Å²) in [5.41, 5.74) is 2.93. The molecule has 0 fully saturated rings. The van der Waals surface area contributed by atoms with Crippen molar-refractivity contribution in [2.24, 2.45) is 0 Å². The number of hydrogen-bond donors (Lipinski definition) is 2. The predicted octanol–water partition coefficient (Wildman–Crippen LogP) is 3.85. The summed E-state index contributed by atoms with van der Waals surface area (Å²) in [5.74, 6) is -0.00306. The first kappa shape index (κ1) is 15.6. The lowest BCUT2D eigenvalue weighted by Gasteiger charge is -2.10. The Bertz CT molecular complexity index is 578. The Morgan fingerprint density at radius 3 is 2.76 bits per heavy atom. The van der Waals surface area contributed by atoms with Gasteiger partial charge in [-0.15, -0.1) is 11.3 Å². The second-order valence-electron chi connectivity index (χ2n) is 5.04. The van der Waals surface area contributed by atoms with Crippen LogP contribution in [-0.4, -0.2) is 19.0 Å². The standard InChI is InChI=1S/C17H22N2OS/c1-3-9-18-16-7-6-14(12-13(16)2)17(20)19-10-8-15-5-4-11-21-15/h4-7,11-12,18H,3,8-10H2,1-2H3,(H,19,20). The summed E-state index contributed by atoms with van der Waals surface area (Å²) < 4.78 is 0. The molecule has 0 aliphatic carbocycles. The van der Waals surface area contributed by atoms with Crippen LogP contribution in [0.1, 0.15) is 34.1 Å². The predicted molar refractivity (Wildman–Crippen MR) is 90.3 cm³/mol. The molecule has 1 amide bonds. The Balaban J connectivity index is 1.88. The Morgan fingerprint density at radius 1 is 1.24 bits per heavy atom. The van der Waals surface area contributed by atoms with Gasteiger partial charge in [-0.3, -0.25) is 4.79 Å². The lowest BCUT2D eigenvalue weighted by molar-refractivity contribution is 0.0954. The average molecular weight is 302 g/mol. The zero-order chi connectivity index (χ0) is 15.1. The first-order valence-electron chi connectivity index (χ1n) is 7.36. The molecule has 2 rings (SSSR count). The van der Waals surface area contributed by atoms with Gasteiger partial charge in [0.1, 0.15) is 0 Å². The fourth-order valence-corrected chi connectivity index (χ4v) is 2.83. The molecule has 0 atom stereocenters. The number of hydrogen-bond acceptors (Lipinski definition) is 3. The van der Waals surface area contributed by atoms with Crippen LogP contribution in [0.3, 0.4) is 0 Å². The van der Waals surface area contributed by atoms with Crippen molar-refractivity contribution >= 4 is 22.9 Å². The molecule has 0 saturated heterocycles. The van der Waals surface area contributed by atoms with Crippen molar-refractivity contribution in [1.82, 2.24) is 5.32 Å². The van der Waals surface area contributed by atoms with E-state index in [1.807, 2.05) is 31.2 Å². The van der Waals surface area contributed by atoms with Gasteiger partial charge in [-0.2, -0.15) is 0 Å². The monoisotopic (exact) mass is 302 g/mol. The summed E-state index contributed by atoms with van der Waals surface area (Å²) in [6, 6.07) is 9.94. The number of rotatable bonds is 7. The molecule has 0 aliphatic heterocycles. The maximum Gasteiger partial charge on any atom is 0.251 e. The van der Waals surface area contributed by atoms with Gasteiger partial charge in [-0.1, -0.05) is 13.0 Å². The van der Waals surface area contributed by atoms with Crippen molar-refractivity contribution < 1.29 is 4.79 Å². The SMILES string of the molecule is CCCNc1ccc(C(=O)NCCc2cccs2)cc1C. The van der Waals surface area contributed by atoms with Gasteiger partial charge in [0, 0.05) is 29.2 Å². The van der Waals surface area contributed by atoms with Crippen molar-refractivity contribution in [3.8, 4) is 0 Å². The number of thiophene rings is 1. The van der Waals surface area contributed by atoms with Crippen LogP contribution in [0.5, 0.6) is 0 Å². The maximum absolute atomic E-state index is 12.1. The Morgan fingerprint density at radius 2 is 2.10 bits per heavy atom. The molecular weight excluding hydrogens is 280 g/mol. The highest BCUT2D eigenvalue weighted by molar-refractivity contribution is 7.09. The topological polar surface area (TPSA) is 41.1 Å². The van der Waals surface area contributed by atoms with Gasteiger partial charge in [-0.05, 0) is 55.0 Å². The summed E-state index contributed by atoms with van der Waals surface area (Å²) in [6.45, 7) is 5.79. The minimum absolute atomic E-state index is 0.00306. The van der Waals surface area contributed by atoms with E-state index < -0.39 is 0 Å². The molecule has 2 N–H and O–H groups in total. The number of anilines is 1. The highest BCUT2D eigenvalue weighted by atomic mass is 32.1. The molecule has 0 unspecified atom stereocenters. The molecule has 0 bridgehead atoms. The number of amides is 1. The first-order chi connectivity index (χ1) is 10.2. The van der Waals surface area contributed by atoms with E-state index in [0.717, 1.165) is 36.2 Å². The molecule has 1 aromatic heterocycles. The quantitative estimate of drug-likeness (QED) is 0.815. The van der Waals surface area contributed by atoms with Gasteiger partial charge in [0.05, 0.1) is 0 Å². The third-order valence-corrected chi connectivity index (χ3v) is 4.23. The van der Waals surface area contributed by atoms with Gasteiger partial charge in [0.25, 0.3) is 5.91 Å². The summed E-state index contributed by atoms with van der Waals surface area (Å²) in [4.78, 5) is 13.4. The smallest absolute Gasteiger partial charge is 0.251 e.